The van der Waals surface area contributed by atoms with Crippen LogP contribution in [0.3, 0.4) is 0 Å². The van der Waals surface area contributed by atoms with Gasteiger partial charge in [-0.05, 0) is 51.8 Å². The topological polar surface area (TPSA) is 95.0 Å². The van der Waals surface area contributed by atoms with Crippen LogP contribution in [-0.2, 0) is 0 Å². The molecule has 1 aliphatic heterocycles. The molecule has 1 aliphatic rings. The summed E-state index contributed by atoms with van der Waals surface area (Å²) in [5.41, 5.74) is 8.84. The Morgan fingerprint density at radius 2 is 1.73 bits per heavy atom. The number of hydrogen-bond acceptors (Lipinski definition) is 7. The van der Waals surface area contributed by atoms with E-state index in [4.69, 9.17) is 15.6 Å². The van der Waals surface area contributed by atoms with E-state index in [-0.39, 0.29) is 11.6 Å². The molecule has 33 heavy (non-hydrogen) atoms. The molecule has 0 aliphatic carbocycles. The van der Waals surface area contributed by atoms with E-state index >= 15 is 0 Å². The average Bonchev–Trinajstić information content (AvgIpc) is 3.21. The van der Waals surface area contributed by atoms with Gasteiger partial charge in [-0.3, -0.25) is 4.90 Å². The van der Waals surface area contributed by atoms with Crippen LogP contribution < -0.4 is 10.5 Å². The van der Waals surface area contributed by atoms with E-state index in [1.165, 1.54) is 6.33 Å². The molecule has 0 saturated carbocycles. The molecule has 0 amide bonds. The summed E-state index contributed by atoms with van der Waals surface area (Å²) in [6.45, 7) is 8.85. The molecule has 0 unspecified atom stereocenters. The Morgan fingerprint density at radius 3 is 2.39 bits per heavy atom. The summed E-state index contributed by atoms with van der Waals surface area (Å²) in [6, 6.07) is 13.7. The van der Waals surface area contributed by atoms with Gasteiger partial charge in [-0.1, -0.05) is 18.2 Å². The second-order valence-electron chi connectivity index (χ2n) is 9.44. The molecule has 170 valence electrons. The summed E-state index contributed by atoms with van der Waals surface area (Å²) in [4.78, 5) is 15.8. The predicted molar refractivity (Wildman–Crippen MR) is 129 cm³/mol. The van der Waals surface area contributed by atoms with Gasteiger partial charge in [-0.25, -0.2) is 19.6 Å². The van der Waals surface area contributed by atoms with Gasteiger partial charge in [0.2, 0.25) is 5.88 Å². The zero-order valence-electron chi connectivity index (χ0n) is 19.3. The molecule has 2 N–H and O–H groups in total. The summed E-state index contributed by atoms with van der Waals surface area (Å²) in [6.07, 6.45) is 5.30. The number of ether oxygens (including phenoxy) is 1. The first kappa shape index (κ1) is 21.3. The highest BCUT2D eigenvalue weighted by Crippen LogP contribution is 2.35. The molecule has 0 atom stereocenters. The van der Waals surface area contributed by atoms with Crippen molar-refractivity contribution in [2.75, 3.05) is 18.8 Å². The van der Waals surface area contributed by atoms with Crippen molar-refractivity contribution in [3.8, 4) is 22.9 Å². The number of para-hydroxylation sites is 1. The largest absolute Gasteiger partial charge is 0.439 e. The minimum Gasteiger partial charge on any atom is -0.439 e. The number of nitrogen functional groups attached to an aromatic ring is 1. The summed E-state index contributed by atoms with van der Waals surface area (Å²) < 4.78 is 7.87. The first-order valence-electron chi connectivity index (χ1n) is 11.3. The smallest absolute Gasteiger partial charge is 0.219 e. The minimum atomic E-state index is 0.171. The number of hydrogen-bond donors (Lipinski definition) is 1. The maximum atomic E-state index is 6.29. The highest BCUT2D eigenvalue weighted by molar-refractivity contribution is 5.98. The van der Waals surface area contributed by atoms with Gasteiger partial charge in [-0.15, -0.1) is 0 Å². The first-order chi connectivity index (χ1) is 15.9. The van der Waals surface area contributed by atoms with E-state index in [1.54, 1.807) is 6.20 Å². The first-order valence-corrected chi connectivity index (χ1v) is 11.3. The molecular formula is C25H29N7O. The monoisotopic (exact) mass is 443 g/mol. The van der Waals surface area contributed by atoms with Gasteiger partial charge in [-0.2, -0.15) is 5.10 Å². The van der Waals surface area contributed by atoms with E-state index in [1.807, 2.05) is 47.1 Å². The third-order valence-electron chi connectivity index (χ3n) is 6.25. The Labute approximate surface area is 193 Å². The zero-order valence-corrected chi connectivity index (χ0v) is 19.3. The van der Waals surface area contributed by atoms with Gasteiger partial charge in [0.05, 0.1) is 11.4 Å². The Balaban J connectivity index is 1.46. The second-order valence-corrected chi connectivity index (χ2v) is 9.44. The number of benzene rings is 1. The average molecular weight is 444 g/mol. The molecular weight excluding hydrogens is 414 g/mol. The normalized spacial score (nSPS) is 15.7. The van der Waals surface area contributed by atoms with Crippen LogP contribution >= 0.6 is 0 Å². The van der Waals surface area contributed by atoms with Gasteiger partial charge in [0.25, 0.3) is 0 Å². The van der Waals surface area contributed by atoms with Crippen molar-refractivity contribution in [2.45, 2.75) is 45.2 Å². The van der Waals surface area contributed by atoms with Crippen molar-refractivity contribution in [2.24, 2.45) is 0 Å². The van der Waals surface area contributed by atoms with Crippen molar-refractivity contribution in [3.05, 3.63) is 55.0 Å². The molecule has 4 heterocycles. The number of rotatable bonds is 4. The molecule has 8 nitrogen and oxygen atoms in total. The second kappa shape index (κ2) is 8.44. The molecule has 0 bridgehead atoms. The van der Waals surface area contributed by atoms with E-state index in [0.717, 1.165) is 54.0 Å². The van der Waals surface area contributed by atoms with Crippen molar-refractivity contribution < 1.29 is 4.74 Å². The molecule has 5 rings (SSSR count). The van der Waals surface area contributed by atoms with Crippen molar-refractivity contribution in [3.63, 3.8) is 0 Å². The van der Waals surface area contributed by atoms with Gasteiger partial charge < -0.3 is 10.5 Å². The quantitative estimate of drug-likeness (QED) is 0.488. The van der Waals surface area contributed by atoms with Crippen molar-refractivity contribution in [1.82, 2.24) is 29.6 Å². The van der Waals surface area contributed by atoms with Gasteiger partial charge in [0.15, 0.2) is 5.65 Å². The molecule has 1 fully saturated rings. The van der Waals surface area contributed by atoms with E-state index in [9.17, 15) is 0 Å². The molecule has 1 saturated heterocycles. The van der Waals surface area contributed by atoms with Crippen LogP contribution in [0, 0.1) is 0 Å². The highest BCUT2D eigenvalue weighted by atomic mass is 16.5. The maximum Gasteiger partial charge on any atom is 0.219 e. The summed E-state index contributed by atoms with van der Waals surface area (Å²) >= 11 is 0. The van der Waals surface area contributed by atoms with Crippen LogP contribution in [0.2, 0.25) is 0 Å². The number of nitrogens with two attached hydrogens (primary N) is 1. The number of nitrogens with zero attached hydrogens (tertiary/aromatic N) is 6. The lowest BCUT2D eigenvalue weighted by atomic mass is 9.98. The SMILES string of the molecule is CC(C)(C)N1CCC(n2nc(-c3ccc(Oc4ccccc4)nc3)c3c(N)ncnc32)CC1. The lowest BCUT2D eigenvalue weighted by Gasteiger charge is -2.40. The number of fused-ring (bicyclic) bond motifs is 1. The maximum absolute atomic E-state index is 6.29. The van der Waals surface area contributed by atoms with Gasteiger partial charge >= 0.3 is 0 Å². The third-order valence-corrected chi connectivity index (χ3v) is 6.25. The van der Waals surface area contributed by atoms with E-state index in [2.05, 4.69) is 40.6 Å². The summed E-state index contributed by atoms with van der Waals surface area (Å²) in [5.74, 6) is 1.69. The van der Waals surface area contributed by atoms with Crippen LogP contribution in [0.1, 0.15) is 39.7 Å². The van der Waals surface area contributed by atoms with Crippen molar-refractivity contribution in [1.29, 1.82) is 0 Å². The number of pyridine rings is 1. The standard InChI is InChI=1S/C25H29N7O/c1-25(2,3)31-13-11-18(12-14-31)32-24-21(23(26)28-16-29-24)22(30-32)17-9-10-20(27-15-17)33-19-7-5-4-6-8-19/h4-10,15-16,18H,11-14H2,1-3H3,(H2,26,28,29). The van der Waals surface area contributed by atoms with Gasteiger partial charge in [0, 0.05) is 36.5 Å². The lowest BCUT2D eigenvalue weighted by Crippen LogP contribution is -2.46. The molecule has 0 radical (unpaired) electrons. The molecule has 1 aromatic carbocycles. The number of aromatic nitrogens is 5. The third kappa shape index (κ3) is 4.26. The lowest BCUT2D eigenvalue weighted by molar-refractivity contribution is 0.0880. The van der Waals surface area contributed by atoms with Crippen LogP contribution in [0.4, 0.5) is 5.82 Å². The van der Waals surface area contributed by atoms with Gasteiger partial charge in [0.1, 0.15) is 23.6 Å². The Morgan fingerprint density at radius 1 is 0.970 bits per heavy atom. The zero-order chi connectivity index (χ0) is 23.0. The summed E-state index contributed by atoms with van der Waals surface area (Å²) in [7, 11) is 0. The fraction of sp³-hybridized carbons (Fsp3) is 0.360. The Bertz CT molecular complexity index is 1240. The van der Waals surface area contributed by atoms with Crippen molar-refractivity contribution >= 4 is 16.9 Å². The van der Waals surface area contributed by atoms with Crippen LogP contribution in [0.25, 0.3) is 22.3 Å². The van der Waals surface area contributed by atoms with Crippen LogP contribution in [0.15, 0.2) is 55.0 Å². The molecule has 0 spiro atoms. The number of likely N-dealkylation sites (tertiary alicyclic amines) is 1. The Kier molecular flexibility index (Phi) is 5.46. The summed E-state index contributed by atoms with van der Waals surface area (Å²) in [5, 5.41) is 5.75. The molecule has 4 aromatic rings. The van der Waals surface area contributed by atoms with Crippen LogP contribution in [-0.4, -0.2) is 48.3 Å². The molecule has 3 aromatic heterocycles. The number of anilines is 1. The number of piperidine rings is 1. The predicted octanol–water partition coefficient (Wildman–Crippen LogP) is 4.70. The van der Waals surface area contributed by atoms with E-state index in [0.29, 0.717) is 11.7 Å². The van der Waals surface area contributed by atoms with E-state index < -0.39 is 0 Å². The van der Waals surface area contributed by atoms with Crippen LogP contribution in [0.5, 0.6) is 11.6 Å². The molecule has 8 heteroatoms. The fourth-order valence-electron chi connectivity index (χ4n) is 4.42. The Hall–Kier alpha value is -3.52. The highest BCUT2D eigenvalue weighted by Gasteiger charge is 2.30. The minimum absolute atomic E-state index is 0.171. The fourth-order valence-corrected chi connectivity index (χ4v) is 4.42.